The van der Waals surface area contributed by atoms with E-state index in [0.29, 0.717) is 82.7 Å². The number of aliphatic hydroxyl groups excluding tert-OH is 1. The third-order valence-corrected chi connectivity index (χ3v) is 22.8. The molecule has 0 aliphatic carbocycles. The number of anilines is 4. The van der Waals surface area contributed by atoms with E-state index in [0.717, 1.165) is 200 Å². The number of hydrogen-bond acceptors (Lipinski definition) is 21. The van der Waals surface area contributed by atoms with E-state index in [2.05, 4.69) is 50.8 Å². The van der Waals surface area contributed by atoms with Gasteiger partial charge in [-0.15, -0.1) is 0 Å². The standard InChI is InChI=1S/C23H25NO5.C21H21NO4.C20H21NO3.C18H18BrNO3.C11H19BO4/c1-4-28-20(25)10-8-17-18(24)12-14(2)21(22(17)23(26)27-3)16-7-9-19-15(13-16)6-5-11-29-19;1-12-10-16-15(6-8-18(23)22-16)20(21(24)25-2)19(12)14-5-7-17-13(11-14)4-3-9-26-17;1-12-9-17-15(5-7-19(23)21-17)16(11-22)20(12)14-4-6-18-13(10-14)3-2-8-24-18;1-10-8-13(20)17(19)16(18(21)22-2)15(10)12-5-6-14-11(9-12)4-3-7-23-14;1-6-14-9(13)7-8-12-15-10(2,3)11(4,5)16-12/h7-10,12-13H,4-6,11,24H2,1-3H3;5,7,10-11H,3-4,6,8-9H2,1-2H3,(H,22,23);4,6,9-10,22H,2-3,5,7-8,11H2,1H3,(H,21,23);5-6,8-9H,3-4,7,20H2,1-2H3;7-8H,6H2,1-5H3/b10-8+;;;;8-7+. The molecule has 0 saturated carbocycles. The lowest BCUT2D eigenvalue weighted by Gasteiger charge is -2.32. The molecule has 0 unspecified atom stereocenters. The molecule has 8 aromatic carbocycles. The van der Waals surface area contributed by atoms with E-state index < -0.39 is 25.0 Å². The van der Waals surface area contributed by atoms with Gasteiger partial charge in [0.25, 0.3) is 0 Å². The van der Waals surface area contributed by atoms with Crippen LogP contribution in [0.5, 0.6) is 23.0 Å². The summed E-state index contributed by atoms with van der Waals surface area (Å²) in [6.07, 6.45) is 14.1. The number of hydrogen-bond donors (Lipinski definition) is 5. The van der Waals surface area contributed by atoms with Gasteiger partial charge in [-0.1, -0.05) is 24.3 Å². The SMILES string of the molecule is CCOC(=O)/C=C/B1OC(C)(C)C(C)(C)O1.CCOC(=O)/C=C/c1c(N)cc(C)c(-c2ccc3c(c2)CCCO3)c1C(=O)OC.COC(=O)c1c(Br)c(N)cc(C)c1-c1ccc2c(c1)CCCO2.COC(=O)c1c2c(cc(C)c1-c1ccc3c(c1)CCCO3)NC(=O)CC2.Cc1cc2c(c(CO)c1-c1ccc3c(c1)CCCO3)CCC(=O)N2. The summed E-state index contributed by atoms with van der Waals surface area (Å²) in [5.74, 6) is 3.11. The van der Waals surface area contributed by atoms with Crippen LogP contribution in [0.1, 0.15) is 178 Å². The first-order valence-electron chi connectivity index (χ1n) is 39.9. The number of nitrogens with two attached hydrogens (primary N) is 2. The van der Waals surface area contributed by atoms with E-state index in [4.69, 9.17) is 63.4 Å². The summed E-state index contributed by atoms with van der Waals surface area (Å²) in [5, 5.41) is 15.8. The number of nitrogen functional groups attached to an aromatic ring is 2. The number of fused-ring (bicyclic) bond motifs is 6. The fourth-order valence-corrected chi connectivity index (χ4v) is 16.1. The number of benzene rings is 8. The minimum Gasteiger partial charge on any atom is -0.493 e. The van der Waals surface area contributed by atoms with Gasteiger partial charge < -0.3 is 79.1 Å². The second-order valence-corrected chi connectivity index (χ2v) is 31.3. The Labute approximate surface area is 698 Å². The minimum absolute atomic E-state index is 0.0219. The molecule has 0 atom stereocenters. The maximum atomic E-state index is 12.7. The molecule has 2 amide bonds. The number of carbonyl (C=O) groups excluding carboxylic acids is 7. The van der Waals surface area contributed by atoms with Gasteiger partial charge in [0.15, 0.2) is 0 Å². The summed E-state index contributed by atoms with van der Waals surface area (Å²) in [6, 6.07) is 31.9. The third kappa shape index (κ3) is 19.9. The Morgan fingerprint density at radius 2 is 0.847 bits per heavy atom. The molecule has 0 radical (unpaired) electrons. The van der Waals surface area contributed by atoms with Crippen molar-refractivity contribution in [3.63, 3.8) is 0 Å². The molecule has 0 spiro atoms. The quantitative estimate of drug-likeness (QED) is 0.0222. The van der Waals surface area contributed by atoms with Crippen LogP contribution in [0, 0.1) is 27.7 Å². The van der Waals surface area contributed by atoms with Crippen molar-refractivity contribution in [3.8, 4) is 67.5 Å². The molecule has 7 aliphatic heterocycles. The molecule has 7 aliphatic rings. The Hall–Kier alpha value is -11.2. The van der Waals surface area contributed by atoms with E-state index in [-0.39, 0.29) is 48.2 Å². The highest BCUT2D eigenvalue weighted by Gasteiger charge is 2.50. The predicted molar refractivity (Wildman–Crippen MR) is 460 cm³/mol. The lowest BCUT2D eigenvalue weighted by Crippen LogP contribution is -2.41. The fraction of sp³-hybridized carbons (Fsp3) is 0.366. The van der Waals surface area contributed by atoms with Crippen LogP contribution in [-0.4, -0.2) is 126 Å². The molecule has 0 aromatic heterocycles. The largest absolute Gasteiger partial charge is 0.493 e. The maximum absolute atomic E-state index is 12.7. The Morgan fingerprint density at radius 1 is 0.483 bits per heavy atom. The molecule has 1 saturated heterocycles. The average molecular weight is 1670 g/mol. The Balaban J connectivity index is 0.000000146. The van der Waals surface area contributed by atoms with E-state index in [1.165, 1.54) is 45.1 Å². The Morgan fingerprint density at radius 3 is 1.28 bits per heavy atom. The second-order valence-electron chi connectivity index (χ2n) is 30.5. The van der Waals surface area contributed by atoms with Gasteiger partial charge in [0.2, 0.25) is 11.8 Å². The van der Waals surface area contributed by atoms with Crippen molar-refractivity contribution in [2.75, 3.05) is 83.1 Å². The van der Waals surface area contributed by atoms with Crippen molar-refractivity contribution in [1.82, 2.24) is 0 Å². The molecule has 7 heterocycles. The molecule has 23 nitrogen and oxygen atoms in total. The van der Waals surface area contributed by atoms with Crippen LogP contribution in [0.4, 0.5) is 22.7 Å². The third-order valence-electron chi connectivity index (χ3n) is 22.0. The van der Waals surface area contributed by atoms with E-state index in [9.17, 15) is 38.7 Å². The van der Waals surface area contributed by atoms with Crippen molar-refractivity contribution < 1.29 is 90.6 Å². The molecule has 15 rings (SSSR count). The molecule has 1 fully saturated rings. The first-order chi connectivity index (χ1) is 56.5. The van der Waals surface area contributed by atoms with Crippen molar-refractivity contribution >= 4 is 93.5 Å². The number of esters is 5. The van der Waals surface area contributed by atoms with Crippen LogP contribution >= 0.6 is 15.9 Å². The number of ether oxygens (including phenoxy) is 9. The predicted octanol–water partition coefficient (Wildman–Crippen LogP) is 16.8. The highest BCUT2D eigenvalue weighted by molar-refractivity contribution is 9.10. The van der Waals surface area contributed by atoms with Gasteiger partial charge in [0, 0.05) is 58.9 Å². The highest BCUT2D eigenvalue weighted by Crippen LogP contribution is 2.45. The zero-order valence-corrected chi connectivity index (χ0v) is 71.0. The normalized spacial score (nSPS) is 15.5. The van der Waals surface area contributed by atoms with Gasteiger partial charge >= 0.3 is 37.0 Å². The molecule has 620 valence electrons. The number of aliphatic hydroxyl groups is 1. The molecule has 0 bridgehead atoms. The molecule has 7 N–H and O–H groups in total. The van der Waals surface area contributed by atoms with Crippen LogP contribution in [0.3, 0.4) is 0 Å². The summed E-state index contributed by atoms with van der Waals surface area (Å²) in [6.45, 7) is 22.8. The lowest BCUT2D eigenvalue weighted by atomic mass is 9.86. The summed E-state index contributed by atoms with van der Waals surface area (Å²) in [4.78, 5) is 84.0. The van der Waals surface area contributed by atoms with Crippen LogP contribution in [0.2, 0.25) is 0 Å². The zero-order chi connectivity index (χ0) is 84.9. The average Bonchev–Trinajstić information content (AvgIpc) is 1.45. The van der Waals surface area contributed by atoms with Crippen LogP contribution in [-0.2, 0) is 97.3 Å². The van der Waals surface area contributed by atoms with Crippen molar-refractivity contribution in [3.05, 3.63) is 203 Å². The number of nitrogens with one attached hydrogen (secondary N) is 2. The minimum atomic E-state index is -0.520. The summed E-state index contributed by atoms with van der Waals surface area (Å²) < 4.78 is 59.5. The van der Waals surface area contributed by atoms with E-state index in [1.807, 2.05) is 122 Å². The molecule has 118 heavy (non-hydrogen) atoms. The van der Waals surface area contributed by atoms with Gasteiger partial charge in [-0.2, -0.15) is 0 Å². The van der Waals surface area contributed by atoms with E-state index >= 15 is 0 Å². The molecule has 8 aromatic rings. The van der Waals surface area contributed by atoms with Gasteiger partial charge in [0.1, 0.15) is 23.0 Å². The topological polar surface area (TPSA) is 317 Å². The van der Waals surface area contributed by atoms with Crippen molar-refractivity contribution in [2.45, 2.75) is 164 Å². The smallest absolute Gasteiger partial charge is 0.487 e. The second kappa shape index (κ2) is 38.9. The Kier molecular flexibility index (Phi) is 28.9. The molecular weight excluding hydrogens is 1570 g/mol. The van der Waals surface area contributed by atoms with Crippen LogP contribution in [0.25, 0.3) is 50.6 Å². The van der Waals surface area contributed by atoms with E-state index in [1.54, 1.807) is 25.9 Å². The first kappa shape index (κ1) is 87.6. The molecular formula is C93H104BBrN4O19. The van der Waals surface area contributed by atoms with Crippen molar-refractivity contribution in [1.29, 1.82) is 0 Å². The number of aryl methyl sites for hydroxylation is 8. The lowest BCUT2D eigenvalue weighted by molar-refractivity contribution is -0.138. The number of rotatable bonds is 14. The Bertz CT molecular complexity index is 5240. The monoisotopic (exact) mass is 1670 g/mol. The van der Waals surface area contributed by atoms with Crippen molar-refractivity contribution in [2.24, 2.45) is 0 Å². The van der Waals surface area contributed by atoms with Gasteiger partial charge in [-0.25, -0.2) is 24.0 Å². The number of amides is 2. The number of carbonyl (C=O) groups is 7. The number of methoxy groups -OCH3 is 3. The maximum Gasteiger partial charge on any atom is 0.487 e. The van der Waals surface area contributed by atoms with Crippen LogP contribution in [0.15, 0.2) is 120 Å². The first-order valence-corrected chi connectivity index (χ1v) is 40.7. The highest BCUT2D eigenvalue weighted by atomic mass is 79.9. The van der Waals surface area contributed by atoms with Gasteiger partial charge in [-0.05, 0) is 334 Å². The fourth-order valence-electron chi connectivity index (χ4n) is 15.7. The zero-order valence-electron chi connectivity index (χ0n) is 69.4. The number of halogens is 1. The summed E-state index contributed by atoms with van der Waals surface area (Å²) in [7, 11) is 3.60. The van der Waals surface area contributed by atoms with Crippen LogP contribution < -0.4 is 41.0 Å². The van der Waals surface area contributed by atoms with Gasteiger partial charge in [-0.3, -0.25) is 9.59 Å². The summed E-state index contributed by atoms with van der Waals surface area (Å²) >= 11 is 3.43. The summed E-state index contributed by atoms with van der Waals surface area (Å²) in [5.41, 5.74) is 34.4. The van der Waals surface area contributed by atoms with Gasteiger partial charge in [0.05, 0.1) is 99.9 Å². The molecule has 25 heteroatoms.